The maximum Gasteiger partial charge on any atom is 0.0362 e. The number of rotatable bonds is 4. The Balaban J connectivity index is 2.20. The van der Waals surface area contributed by atoms with Crippen LogP contribution in [0.1, 0.15) is 32.1 Å². The van der Waals surface area contributed by atoms with Crippen LogP contribution in [0.25, 0.3) is 0 Å². The van der Waals surface area contributed by atoms with Crippen LogP contribution >= 0.6 is 0 Å². The van der Waals surface area contributed by atoms with Gasteiger partial charge in [0.2, 0.25) is 0 Å². The highest BCUT2D eigenvalue weighted by Gasteiger charge is 2.18. The number of nitrogens with one attached hydrogen (secondary N) is 1. The molecule has 1 aliphatic carbocycles. The molecule has 3 heteroatoms. The minimum Gasteiger partial charge on any atom is -0.319 e. The highest BCUT2D eigenvalue weighted by molar-refractivity contribution is 7.85. The van der Waals surface area contributed by atoms with Crippen LogP contribution in [0.4, 0.5) is 0 Å². The molecule has 0 aromatic carbocycles. The summed E-state index contributed by atoms with van der Waals surface area (Å²) in [5, 5.41) is 3.55. The van der Waals surface area contributed by atoms with E-state index in [9.17, 15) is 4.21 Å². The normalized spacial score (nSPS) is 22.4. The summed E-state index contributed by atoms with van der Waals surface area (Å²) in [5.41, 5.74) is 0. The summed E-state index contributed by atoms with van der Waals surface area (Å²) in [6.45, 7) is 0.892. The summed E-state index contributed by atoms with van der Waals surface area (Å²) in [6, 6.07) is 0. The monoisotopic (exact) mass is 189 g/mol. The van der Waals surface area contributed by atoms with Gasteiger partial charge in [-0.05, 0) is 19.9 Å². The Morgan fingerprint density at radius 2 is 2.00 bits per heavy atom. The molecule has 0 spiro atoms. The van der Waals surface area contributed by atoms with Crippen molar-refractivity contribution in [1.82, 2.24) is 5.32 Å². The zero-order chi connectivity index (χ0) is 8.81. The van der Waals surface area contributed by atoms with E-state index in [0.717, 1.165) is 12.3 Å². The van der Waals surface area contributed by atoms with Crippen molar-refractivity contribution >= 4 is 10.8 Å². The first kappa shape index (κ1) is 10.2. The van der Waals surface area contributed by atoms with Gasteiger partial charge in [-0.2, -0.15) is 0 Å². The topological polar surface area (TPSA) is 29.1 Å². The molecule has 1 atom stereocenters. The van der Waals surface area contributed by atoms with Crippen LogP contribution in [-0.4, -0.2) is 28.8 Å². The smallest absolute Gasteiger partial charge is 0.0362 e. The molecule has 0 radical (unpaired) electrons. The summed E-state index contributed by atoms with van der Waals surface area (Å²) < 4.78 is 11.6. The van der Waals surface area contributed by atoms with Crippen LogP contribution in [-0.2, 0) is 10.8 Å². The van der Waals surface area contributed by atoms with Crippen molar-refractivity contribution in [2.75, 3.05) is 19.3 Å². The SMILES string of the molecule is CNCCS(=O)C1CCCCC1. The molecule has 0 aromatic rings. The Labute approximate surface area is 77.6 Å². The molecule has 0 aromatic heterocycles. The van der Waals surface area contributed by atoms with Gasteiger partial charge in [-0.3, -0.25) is 4.21 Å². The van der Waals surface area contributed by atoms with E-state index in [1.165, 1.54) is 32.1 Å². The van der Waals surface area contributed by atoms with Gasteiger partial charge in [-0.1, -0.05) is 19.3 Å². The molecule has 2 nitrogen and oxygen atoms in total. The van der Waals surface area contributed by atoms with Gasteiger partial charge in [0, 0.05) is 28.3 Å². The van der Waals surface area contributed by atoms with Crippen molar-refractivity contribution in [2.45, 2.75) is 37.4 Å². The molecule has 1 unspecified atom stereocenters. The van der Waals surface area contributed by atoms with Crippen LogP contribution in [0.15, 0.2) is 0 Å². The summed E-state index contributed by atoms with van der Waals surface area (Å²) in [7, 11) is 1.35. The van der Waals surface area contributed by atoms with E-state index in [0.29, 0.717) is 5.25 Å². The van der Waals surface area contributed by atoms with Crippen molar-refractivity contribution in [3.05, 3.63) is 0 Å². The van der Waals surface area contributed by atoms with Gasteiger partial charge in [0.1, 0.15) is 0 Å². The molecule has 1 saturated carbocycles. The van der Waals surface area contributed by atoms with Crippen molar-refractivity contribution in [2.24, 2.45) is 0 Å². The molecule has 12 heavy (non-hydrogen) atoms. The standard InChI is InChI=1S/C9H19NOS/c1-10-7-8-12(11)9-5-3-2-4-6-9/h9-10H,2-8H2,1H3. The van der Waals surface area contributed by atoms with Gasteiger partial charge in [0.05, 0.1) is 0 Å². The molecule has 1 N–H and O–H groups in total. The Bertz CT molecular complexity index is 143. The molecule has 0 aliphatic heterocycles. The van der Waals surface area contributed by atoms with Gasteiger partial charge in [-0.25, -0.2) is 0 Å². The van der Waals surface area contributed by atoms with E-state index in [2.05, 4.69) is 5.32 Å². The molecule has 1 rings (SSSR count). The van der Waals surface area contributed by atoms with Gasteiger partial charge in [-0.15, -0.1) is 0 Å². The fourth-order valence-electron chi connectivity index (χ4n) is 1.70. The van der Waals surface area contributed by atoms with Crippen molar-refractivity contribution < 1.29 is 4.21 Å². The maximum absolute atomic E-state index is 11.6. The lowest BCUT2D eigenvalue weighted by Crippen LogP contribution is -2.25. The second kappa shape index (κ2) is 5.70. The van der Waals surface area contributed by atoms with E-state index in [1.807, 2.05) is 7.05 Å². The Hall–Kier alpha value is 0.110. The lowest BCUT2D eigenvalue weighted by atomic mass is 10.0. The average molecular weight is 189 g/mol. The van der Waals surface area contributed by atoms with Crippen molar-refractivity contribution in [3.8, 4) is 0 Å². The summed E-state index contributed by atoms with van der Waals surface area (Å²) >= 11 is 0. The number of hydrogen-bond acceptors (Lipinski definition) is 2. The van der Waals surface area contributed by atoms with Crippen LogP contribution < -0.4 is 5.32 Å². The second-order valence-electron chi connectivity index (χ2n) is 3.45. The van der Waals surface area contributed by atoms with E-state index >= 15 is 0 Å². The fourth-order valence-corrected chi connectivity index (χ4v) is 3.30. The van der Waals surface area contributed by atoms with Crippen LogP contribution in [0.3, 0.4) is 0 Å². The third-order valence-electron chi connectivity index (χ3n) is 2.48. The van der Waals surface area contributed by atoms with Crippen LogP contribution in [0, 0.1) is 0 Å². The first-order chi connectivity index (χ1) is 5.84. The zero-order valence-corrected chi connectivity index (χ0v) is 8.66. The van der Waals surface area contributed by atoms with E-state index in [-0.39, 0.29) is 0 Å². The lowest BCUT2D eigenvalue weighted by Gasteiger charge is -2.20. The van der Waals surface area contributed by atoms with Gasteiger partial charge in [0.25, 0.3) is 0 Å². The molecular weight excluding hydrogens is 170 g/mol. The third kappa shape index (κ3) is 3.23. The first-order valence-corrected chi connectivity index (χ1v) is 6.24. The summed E-state index contributed by atoms with van der Waals surface area (Å²) in [5.74, 6) is 0.834. The molecule has 0 heterocycles. The quantitative estimate of drug-likeness (QED) is 0.722. The largest absolute Gasteiger partial charge is 0.319 e. The van der Waals surface area contributed by atoms with Crippen molar-refractivity contribution in [3.63, 3.8) is 0 Å². The highest BCUT2D eigenvalue weighted by atomic mass is 32.2. The zero-order valence-electron chi connectivity index (χ0n) is 7.84. The summed E-state index contributed by atoms with van der Waals surface area (Å²) in [6.07, 6.45) is 6.30. The number of hydrogen-bond donors (Lipinski definition) is 1. The average Bonchev–Trinajstić information content (AvgIpc) is 2.15. The summed E-state index contributed by atoms with van der Waals surface area (Å²) in [4.78, 5) is 0. The Morgan fingerprint density at radius 3 is 2.58 bits per heavy atom. The highest BCUT2D eigenvalue weighted by Crippen LogP contribution is 2.21. The molecule has 0 amide bonds. The van der Waals surface area contributed by atoms with E-state index in [4.69, 9.17) is 0 Å². The molecule has 72 valence electrons. The van der Waals surface area contributed by atoms with Crippen LogP contribution in [0.5, 0.6) is 0 Å². The van der Waals surface area contributed by atoms with Gasteiger partial charge >= 0.3 is 0 Å². The second-order valence-corrected chi connectivity index (χ2v) is 5.28. The maximum atomic E-state index is 11.6. The fraction of sp³-hybridized carbons (Fsp3) is 1.00. The van der Waals surface area contributed by atoms with E-state index in [1.54, 1.807) is 0 Å². The minimum atomic E-state index is -0.569. The Kier molecular flexibility index (Phi) is 4.84. The van der Waals surface area contributed by atoms with Crippen LogP contribution in [0.2, 0.25) is 0 Å². The van der Waals surface area contributed by atoms with E-state index < -0.39 is 10.8 Å². The predicted molar refractivity (Wildman–Crippen MR) is 53.8 cm³/mol. The predicted octanol–water partition coefficient (Wildman–Crippen LogP) is 1.29. The molecular formula is C9H19NOS. The van der Waals surface area contributed by atoms with Crippen molar-refractivity contribution in [1.29, 1.82) is 0 Å². The van der Waals surface area contributed by atoms with Gasteiger partial charge < -0.3 is 5.32 Å². The third-order valence-corrected chi connectivity index (χ3v) is 4.30. The minimum absolute atomic E-state index is 0.507. The van der Waals surface area contributed by atoms with Gasteiger partial charge in [0.15, 0.2) is 0 Å². The molecule has 1 aliphatic rings. The Morgan fingerprint density at radius 1 is 1.33 bits per heavy atom. The molecule has 1 fully saturated rings. The lowest BCUT2D eigenvalue weighted by molar-refractivity contribution is 0.504. The molecule has 0 bridgehead atoms. The molecule has 0 saturated heterocycles. The first-order valence-electron chi connectivity index (χ1n) is 4.86.